The molecule has 0 radical (unpaired) electrons. The highest BCUT2D eigenvalue weighted by atomic mass is 19.2. The molecular weight excluding hydrogens is 298 g/mol. The minimum absolute atomic E-state index is 0.402. The van der Waals surface area contributed by atoms with E-state index in [1.165, 1.54) is 0 Å². The van der Waals surface area contributed by atoms with Crippen LogP contribution in [0, 0.1) is 11.8 Å². The van der Waals surface area contributed by atoms with Gasteiger partial charge in [0.15, 0.2) is 12.3 Å². The summed E-state index contributed by atoms with van der Waals surface area (Å²) in [6, 6.07) is 0. The summed E-state index contributed by atoms with van der Waals surface area (Å²) in [5.74, 6) is 1.08. The molecule has 2 rings (SSSR count). The predicted molar refractivity (Wildman–Crippen MR) is 89.0 cm³/mol. The Morgan fingerprint density at radius 2 is 1.48 bits per heavy atom. The van der Waals surface area contributed by atoms with Gasteiger partial charge in [0.2, 0.25) is 0 Å². The van der Waals surface area contributed by atoms with Gasteiger partial charge in [0.25, 0.3) is 0 Å². The van der Waals surface area contributed by atoms with Crippen molar-refractivity contribution in [2.45, 2.75) is 69.5 Å². The Balaban J connectivity index is 1.70. The molecule has 0 spiro atoms. The van der Waals surface area contributed by atoms with E-state index in [2.05, 4.69) is 13.2 Å². The van der Waals surface area contributed by atoms with E-state index < -0.39 is 24.6 Å². The molecule has 4 atom stereocenters. The van der Waals surface area contributed by atoms with Crippen LogP contribution < -0.4 is 0 Å². The highest BCUT2D eigenvalue weighted by molar-refractivity contribution is 4.90. The molecule has 0 aromatic heterocycles. The van der Waals surface area contributed by atoms with Crippen LogP contribution in [0.1, 0.15) is 44.9 Å². The first kappa shape index (κ1) is 18.6. The van der Waals surface area contributed by atoms with Gasteiger partial charge in [-0.05, 0) is 56.8 Å². The van der Waals surface area contributed by atoms with Crippen molar-refractivity contribution in [3.8, 4) is 0 Å². The van der Waals surface area contributed by atoms with Gasteiger partial charge in [0.1, 0.15) is 0 Å². The molecule has 2 aliphatic carbocycles. The number of hydrogen-bond donors (Lipinski definition) is 0. The van der Waals surface area contributed by atoms with Gasteiger partial charge in [-0.1, -0.05) is 12.2 Å². The van der Waals surface area contributed by atoms with Gasteiger partial charge in [-0.15, -0.1) is 13.2 Å². The number of ether oxygens (including phenoxy) is 2. The Bertz CT molecular complexity index is 366. The van der Waals surface area contributed by atoms with Crippen LogP contribution in [0.3, 0.4) is 0 Å². The van der Waals surface area contributed by atoms with Crippen LogP contribution in [-0.4, -0.2) is 37.8 Å². The number of rotatable bonds is 8. The van der Waals surface area contributed by atoms with Gasteiger partial charge in [0, 0.05) is 6.61 Å². The maximum atomic E-state index is 14.3. The normalized spacial score (nSPS) is 38.2. The lowest BCUT2D eigenvalue weighted by atomic mass is 9.82. The third kappa shape index (κ3) is 5.39. The van der Waals surface area contributed by atoms with Crippen molar-refractivity contribution in [2.75, 3.05) is 13.2 Å². The standard InChI is InChI=1S/C19H30F2O2/c1-3-5-12-22-16-10-11-17(19(21)18(16)20)23-13-15-8-6-14(4-2)7-9-15/h3-4,14-19H,1-2,5-13H2. The summed E-state index contributed by atoms with van der Waals surface area (Å²) in [5.41, 5.74) is 0. The molecule has 23 heavy (non-hydrogen) atoms. The van der Waals surface area contributed by atoms with E-state index in [0.29, 0.717) is 44.3 Å². The smallest absolute Gasteiger partial charge is 0.160 e. The van der Waals surface area contributed by atoms with Gasteiger partial charge in [-0.3, -0.25) is 0 Å². The second-order valence-electron chi connectivity index (χ2n) is 6.84. The summed E-state index contributed by atoms with van der Waals surface area (Å²) in [5, 5.41) is 0. The Kier molecular flexibility index (Phi) is 7.71. The largest absolute Gasteiger partial charge is 0.375 e. The van der Waals surface area contributed by atoms with Crippen molar-refractivity contribution in [1.29, 1.82) is 0 Å². The molecule has 132 valence electrons. The number of allylic oxidation sites excluding steroid dienone is 1. The average Bonchev–Trinajstić information content (AvgIpc) is 2.58. The zero-order chi connectivity index (χ0) is 16.7. The van der Waals surface area contributed by atoms with Crippen LogP contribution in [-0.2, 0) is 9.47 Å². The van der Waals surface area contributed by atoms with Crippen molar-refractivity contribution in [3.05, 3.63) is 25.3 Å². The second-order valence-corrected chi connectivity index (χ2v) is 6.84. The maximum Gasteiger partial charge on any atom is 0.160 e. The second kappa shape index (κ2) is 9.53. The summed E-state index contributed by atoms with van der Waals surface area (Å²) in [4.78, 5) is 0. The minimum Gasteiger partial charge on any atom is -0.375 e. The molecule has 0 bridgehead atoms. The highest BCUT2D eigenvalue weighted by Crippen LogP contribution is 2.32. The van der Waals surface area contributed by atoms with E-state index in [0.717, 1.165) is 25.7 Å². The van der Waals surface area contributed by atoms with Crippen molar-refractivity contribution in [1.82, 2.24) is 0 Å². The van der Waals surface area contributed by atoms with Gasteiger partial charge in [0.05, 0.1) is 18.8 Å². The molecule has 2 aliphatic rings. The molecule has 0 aromatic rings. The fourth-order valence-electron chi connectivity index (χ4n) is 3.56. The zero-order valence-electron chi connectivity index (χ0n) is 14.0. The van der Waals surface area contributed by atoms with Crippen LogP contribution in [0.4, 0.5) is 8.78 Å². The van der Waals surface area contributed by atoms with E-state index in [1.807, 2.05) is 6.08 Å². The lowest BCUT2D eigenvalue weighted by Crippen LogP contribution is -2.47. The minimum atomic E-state index is -1.59. The Morgan fingerprint density at radius 1 is 0.870 bits per heavy atom. The molecule has 2 saturated carbocycles. The fraction of sp³-hybridized carbons (Fsp3) is 0.789. The lowest BCUT2D eigenvalue weighted by molar-refractivity contribution is -0.123. The average molecular weight is 328 g/mol. The first-order valence-electron chi connectivity index (χ1n) is 8.90. The van der Waals surface area contributed by atoms with Crippen LogP contribution in [0.2, 0.25) is 0 Å². The van der Waals surface area contributed by atoms with E-state index in [4.69, 9.17) is 9.47 Å². The first-order chi connectivity index (χ1) is 11.2. The van der Waals surface area contributed by atoms with Gasteiger partial charge in [-0.25, -0.2) is 8.78 Å². The quantitative estimate of drug-likeness (QED) is 0.471. The van der Waals surface area contributed by atoms with Crippen molar-refractivity contribution in [3.63, 3.8) is 0 Å². The number of hydrogen-bond acceptors (Lipinski definition) is 2. The van der Waals surface area contributed by atoms with Crippen molar-refractivity contribution in [2.24, 2.45) is 11.8 Å². The van der Waals surface area contributed by atoms with E-state index >= 15 is 0 Å². The molecule has 0 amide bonds. The molecule has 2 nitrogen and oxygen atoms in total. The van der Waals surface area contributed by atoms with Crippen LogP contribution in [0.25, 0.3) is 0 Å². The monoisotopic (exact) mass is 328 g/mol. The summed E-state index contributed by atoms with van der Waals surface area (Å²) < 4.78 is 39.6. The van der Waals surface area contributed by atoms with Crippen molar-refractivity contribution < 1.29 is 18.3 Å². The van der Waals surface area contributed by atoms with Crippen molar-refractivity contribution >= 4 is 0 Å². The molecule has 4 unspecified atom stereocenters. The topological polar surface area (TPSA) is 18.5 Å². The fourth-order valence-corrected chi connectivity index (χ4v) is 3.56. The molecule has 0 aliphatic heterocycles. The maximum absolute atomic E-state index is 14.3. The van der Waals surface area contributed by atoms with E-state index in [1.54, 1.807) is 6.08 Å². The predicted octanol–water partition coefficient (Wildman–Crippen LogP) is 4.80. The van der Waals surface area contributed by atoms with E-state index in [9.17, 15) is 8.78 Å². The highest BCUT2D eigenvalue weighted by Gasteiger charge is 2.41. The van der Waals surface area contributed by atoms with Gasteiger partial charge < -0.3 is 9.47 Å². The summed E-state index contributed by atoms with van der Waals surface area (Å²) in [6.45, 7) is 8.38. The van der Waals surface area contributed by atoms with Gasteiger partial charge in [-0.2, -0.15) is 0 Å². The van der Waals surface area contributed by atoms with Crippen LogP contribution in [0.15, 0.2) is 25.3 Å². The number of alkyl halides is 2. The molecule has 4 heteroatoms. The first-order valence-corrected chi connectivity index (χ1v) is 8.90. The Hall–Kier alpha value is -0.740. The molecule has 0 N–H and O–H groups in total. The molecule has 0 heterocycles. The summed E-state index contributed by atoms with van der Waals surface area (Å²) in [6.07, 6.45) is 5.46. The third-order valence-electron chi connectivity index (χ3n) is 5.17. The van der Waals surface area contributed by atoms with E-state index in [-0.39, 0.29) is 0 Å². The Labute approximate surface area is 138 Å². The zero-order valence-corrected chi connectivity index (χ0v) is 14.0. The van der Waals surface area contributed by atoms with Gasteiger partial charge >= 0.3 is 0 Å². The molecular formula is C19H30F2O2. The SMILES string of the molecule is C=CCCOC1CCC(OCC2CCC(C=C)CC2)C(F)C1F. The number of halogens is 2. The molecule has 0 aromatic carbocycles. The Morgan fingerprint density at radius 3 is 2.04 bits per heavy atom. The van der Waals surface area contributed by atoms with Crippen LogP contribution >= 0.6 is 0 Å². The summed E-state index contributed by atoms with van der Waals surface area (Å²) in [7, 11) is 0. The van der Waals surface area contributed by atoms with Crippen LogP contribution in [0.5, 0.6) is 0 Å². The molecule has 2 fully saturated rings. The third-order valence-corrected chi connectivity index (χ3v) is 5.17. The molecule has 0 saturated heterocycles. The summed E-state index contributed by atoms with van der Waals surface area (Å²) >= 11 is 0. The lowest BCUT2D eigenvalue weighted by Gasteiger charge is -2.36.